The summed E-state index contributed by atoms with van der Waals surface area (Å²) >= 11 is 0. The lowest BCUT2D eigenvalue weighted by atomic mass is 10.1. The molecule has 2 nitrogen and oxygen atoms in total. The number of allylic oxidation sites excluding steroid dienone is 1. The number of hydrogen-bond donors (Lipinski definition) is 0. The van der Waals surface area contributed by atoms with Crippen LogP contribution >= 0.6 is 0 Å². The van der Waals surface area contributed by atoms with Gasteiger partial charge in [0.2, 0.25) is 0 Å². The van der Waals surface area contributed by atoms with E-state index in [1.165, 1.54) is 48.5 Å². The summed E-state index contributed by atoms with van der Waals surface area (Å²) in [4.78, 5) is 0. The number of benzene rings is 2. The third kappa shape index (κ3) is 3.67. The third-order valence-electron chi connectivity index (χ3n) is 3.67. The summed E-state index contributed by atoms with van der Waals surface area (Å²) in [6, 6.07) is 15.4. The van der Waals surface area contributed by atoms with Gasteiger partial charge >= 0.3 is 6.18 Å². The largest absolute Gasteiger partial charge is 0.457 e. The number of hydrogen-bond acceptors (Lipinski definition) is 2. The molecule has 130 valence electrons. The van der Waals surface area contributed by atoms with E-state index in [1.807, 2.05) is 6.07 Å². The number of alkyl halides is 3. The molecule has 26 heavy (non-hydrogen) atoms. The van der Waals surface area contributed by atoms with Gasteiger partial charge in [-0.3, -0.25) is 0 Å². The van der Waals surface area contributed by atoms with Crippen LogP contribution in [0.15, 0.2) is 65.1 Å². The molecule has 1 aromatic heterocycles. The van der Waals surface area contributed by atoms with E-state index in [-0.39, 0.29) is 28.2 Å². The summed E-state index contributed by atoms with van der Waals surface area (Å²) in [7, 11) is 0. The summed E-state index contributed by atoms with van der Waals surface area (Å²) < 4.78 is 57.8. The van der Waals surface area contributed by atoms with Crippen LogP contribution in [0.3, 0.4) is 0 Å². The maximum atomic E-state index is 13.8. The van der Waals surface area contributed by atoms with Crippen molar-refractivity contribution in [1.29, 1.82) is 5.26 Å². The fourth-order valence-electron chi connectivity index (χ4n) is 2.43. The molecule has 0 unspecified atom stereocenters. The van der Waals surface area contributed by atoms with Gasteiger partial charge in [0.25, 0.3) is 0 Å². The molecule has 0 bridgehead atoms. The van der Waals surface area contributed by atoms with Gasteiger partial charge in [-0.1, -0.05) is 30.3 Å². The Morgan fingerprint density at radius 1 is 1.00 bits per heavy atom. The predicted molar refractivity (Wildman–Crippen MR) is 89.0 cm³/mol. The zero-order valence-corrected chi connectivity index (χ0v) is 13.2. The minimum Gasteiger partial charge on any atom is -0.457 e. The summed E-state index contributed by atoms with van der Waals surface area (Å²) in [6.07, 6.45) is -3.11. The van der Waals surface area contributed by atoms with Crippen LogP contribution in [-0.2, 0) is 6.18 Å². The first kappa shape index (κ1) is 17.5. The number of furan rings is 1. The van der Waals surface area contributed by atoms with Crippen LogP contribution in [0.5, 0.6) is 0 Å². The first-order chi connectivity index (χ1) is 12.4. The molecule has 3 aromatic rings. The average molecular weight is 357 g/mol. The number of rotatable bonds is 3. The maximum Gasteiger partial charge on any atom is 0.416 e. The highest BCUT2D eigenvalue weighted by molar-refractivity contribution is 5.89. The molecule has 0 saturated carbocycles. The fourth-order valence-corrected chi connectivity index (χ4v) is 2.43. The lowest BCUT2D eigenvalue weighted by Crippen LogP contribution is -2.04. The molecule has 0 fully saturated rings. The van der Waals surface area contributed by atoms with Crippen molar-refractivity contribution in [3.63, 3.8) is 0 Å². The third-order valence-corrected chi connectivity index (χ3v) is 3.67. The number of nitrogens with zero attached hydrogens (tertiary/aromatic N) is 1. The van der Waals surface area contributed by atoms with Crippen LogP contribution in [0.2, 0.25) is 0 Å². The molecule has 0 aliphatic carbocycles. The van der Waals surface area contributed by atoms with Crippen molar-refractivity contribution in [3.8, 4) is 17.4 Å². The lowest BCUT2D eigenvalue weighted by Gasteiger charge is -2.07. The van der Waals surface area contributed by atoms with Gasteiger partial charge in [0.05, 0.1) is 17.2 Å². The molecule has 6 heteroatoms. The van der Waals surface area contributed by atoms with Crippen molar-refractivity contribution < 1.29 is 22.0 Å². The van der Waals surface area contributed by atoms with Crippen molar-refractivity contribution in [2.45, 2.75) is 6.18 Å². The molecular weight excluding hydrogens is 346 g/mol. The van der Waals surface area contributed by atoms with E-state index in [1.54, 1.807) is 6.07 Å². The van der Waals surface area contributed by atoms with Gasteiger partial charge in [-0.05, 0) is 36.4 Å². The monoisotopic (exact) mass is 357 g/mol. The van der Waals surface area contributed by atoms with E-state index in [4.69, 9.17) is 4.42 Å². The van der Waals surface area contributed by atoms with Crippen molar-refractivity contribution in [2.75, 3.05) is 0 Å². The molecular formula is C20H11F4NO. The van der Waals surface area contributed by atoms with E-state index in [2.05, 4.69) is 0 Å². The lowest BCUT2D eigenvalue weighted by molar-refractivity contribution is -0.137. The normalized spacial score (nSPS) is 12.0. The molecule has 0 atom stereocenters. The summed E-state index contributed by atoms with van der Waals surface area (Å²) in [6.45, 7) is 0. The highest BCUT2D eigenvalue weighted by Crippen LogP contribution is 2.33. The van der Waals surface area contributed by atoms with E-state index < -0.39 is 17.6 Å². The molecule has 0 aliphatic rings. The van der Waals surface area contributed by atoms with Crippen LogP contribution in [0.1, 0.15) is 16.9 Å². The Kier molecular flexibility index (Phi) is 4.63. The van der Waals surface area contributed by atoms with Crippen LogP contribution in [-0.4, -0.2) is 0 Å². The number of halogens is 4. The highest BCUT2D eigenvalue weighted by Gasteiger charge is 2.30. The molecule has 0 saturated heterocycles. The fraction of sp³-hybridized carbons (Fsp3) is 0.0500. The molecule has 3 rings (SSSR count). The van der Waals surface area contributed by atoms with Gasteiger partial charge in [-0.2, -0.15) is 18.4 Å². The average Bonchev–Trinajstić information content (AvgIpc) is 3.08. The Bertz CT molecular complexity index is 1010. The van der Waals surface area contributed by atoms with Gasteiger partial charge in [0.1, 0.15) is 17.3 Å². The molecule has 0 amide bonds. The van der Waals surface area contributed by atoms with Gasteiger partial charge in [-0.15, -0.1) is 0 Å². The smallest absolute Gasteiger partial charge is 0.416 e. The Morgan fingerprint density at radius 2 is 1.77 bits per heavy atom. The highest BCUT2D eigenvalue weighted by atomic mass is 19.4. The second-order valence-corrected chi connectivity index (χ2v) is 5.43. The molecule has 0 spiro atoms. The minimum atomic E-state index is -4.45. The second-order valence-electron chi connectivity index (χ2n) is 5.43. The minimum absolute atomic E-state index is 0.0491. The predicted octanol–water partition coefficient (Wildman–Crippen LogP) is 6.17. The zero-order valence-electron chi connectivity index (χ0n) is 13.2. The van der Waals surface area contributed by atoms with E-state index >= 15 is 0 Å². The first-order valence-electron chi connectivity index (χ1n) is 7.52. The SMILES string of the molecule is N#C/C(=C/c1ccc(-c2cccc(C(F)(F)F)c2)o1)c1ccccc1F. The molecule has 0 radical (unpaired) electrons. The number of nitriles is 1. The van der Waals surface area contributed by atoms with Crippen LogP contribution in [0.4, 0.5) is 17.6 Å². The van der Waals surface area contributed by atoms with Crippen LogP contribution < -0.4 is 0 Å². The van der Waals surface area contributed by atoms with E-state index in [0.717, 1.165) is 12.1 Å². The Balaban J connectivity index is 1.96. The van der Waals surface area contributed by atoms with Crippen LogP contribution in [0, 0.1) is 17.1 Å². The molecule has 0 N–H and O–H groups in total. The van der Waals surface area contributed by atoms with Gasteiger partial charge < -0.3 is 4.42 Å². The molecule has 2 aromatic carbocycles. The van der Waals surface area contributed by atoms with Crippen LogP contribution in [0.25, 0.3) is 23.0 Å². The van der Waals surface area contributed by atoms with Crippen molar-refractivity contribution in [2.24, 2.45) is 0 Å². The molecule has 1 heterocycles. The van der Waals surface area contributed by atoms with Gasteiger partial charge in [-0.25, -0.2) is 4.39 Å². The van der Waals surface area contributed by atoms with E-state index in [9.17, 15) is 22.8 Å². The summed E-state index contributed by atoms with van der Waals surface area (Å²) in [5.41, 5.74) is -0.364. The summed E-state index contributed by atoms with van der Waals surface area (Å²) in [5.74, 6) is -0.102. The summed E-state index contributed by atoms with van der Waals surface area (Å²) in [5, 5.41) is 9.26. The van der Waals surface area contributed by atoms with Crippen molar-refractivity contribution in [3.05, 3.63) is 83.4 Å². The van der Waals surface area contributed by atoms with E-state index in [0.29, 0.717) is 0 Å². The Labute approximate surface area is 146 Å². The molecule has 0 aliphatic heterocycles. The second kappa shape index (κ2) is 6.89. The van der Waals surface area contributed by atoms with Crippen molar-refractivity contribution >= 4 is 11.6 Å². The standard InChI is InChI=1S/C20H11F4NO/c21-18-7-2-1-6-17(18)14(12-25)11-16-8-9-19(26-16)13-4-3-5-15(10-13)20(22,23)24/h1-11H/b14-11-. The van der Waals surface area contributed by atoms with Gasteiger partial charge in [0.15, 0.2) is 0 Å². The zero-order chi connectivity index (χ0) is 18.7. The van der Waals surface area contributed by atoms with Gasteiger partial charge in [0, 0.05) is 11.1 Å². The Morgan fingerprint density at radius 3 is 2.46 bits per heavy atom. The topological polar surface area (TPSA) is 36.9 Å². The van der Waals surface area contributed by atoms with Crippen molar-refractivity contribution in [1.82, 2.24) is 0 Å². The first-order valence-corrected chi connectivity index (χ1v) is 7.52. The maximum absolute atomic E-state index is 13.8. The quantitative estimate of drug-likeness (QED) is 0.415. The Hall–Kier alpha value is -3.33.